The summed E-state index contributed by atoms with van der Waals surface area (Å²) in [5, 5.41) is 0. The van der Waals surface area contributed by atoms with Crippen LogP contribution >= 0.6 is 0 Å². The molecule has 0 aliphatic carbocycles. The van der Waals surface area contributed by atoms with Crippen molar-refractivity contribution in [1.29, 1.82) is 0 Å². The average molecular weight is 161 g/mol. The van der Waals surface area contributed by atoms with Gasteiger partial charge in [-0.2, -0.15) is 0 Å². The van der Waals surface area contributed by atoms with Gasteiger partial charge in [0, 0.05) is 6.61 Å². The van der Waals surface area contributed by atoms with E-state index < -0.39 is 6.16 Å². The van der Waals surface area contributed by atoms with Crippen LogP contribution in [0.1, 0.15) is 13.8 Å². The minimum Gasteiger partial charge on any atom is -0.432 e. The molecule has 0 rings (SSSR count). The third-order valence-corrected chi connectivity index (χ3v) is 0.866. The lowest BCUT2D eigenvalue weighted by Gasteiger charge is -2.03. The highest BCUT2D eigenvalue weighted by atomic mass is 16.7. The molecule has 0 aromatic rings. The smallest absolute Gasteiger partial charge is 0.432 e. The van der Waals surface area contributed by atoms with Gasteiger partial charge in [-0.25, -0.2) is 4.79 Å². The molecular formula is C7H13O4. The summed E-state index contributed by atoms with van der Waals surface area (Å²) in [7, 11) is 0. The molecule has 0 unspecified atom stereocenters. The van der Waals surface area contributed by atoms with Crippen molar-refractivity contribution in [2.75, 3.05) is 19.8 Å². The predicted octanol–water partition coefficient (Wildman–Crippen LogP) is 1.36. The zero-order valence-corrected chi connectivity index (χ0v) is 6.83. The lowest BCUT2D eigenvalue weighted by Crippen LogP contribution is -2.10. The number of hydrogen-bond acceptors (Lipinski definition) is 4. The summed E-state index contributed by atoms with van der Waals surface area (Å²) < 4.78 is 13.9. The fourth-order valence-corrected chi connectivity index (χ4v) is 0.459. The van der Waals surface area contributed by atoms with Crippen LogP contribution in [0.3, 0.4) is 0 Å². The van der Waals surface area contributed by atoms with Crippen LogP contribution in [0.5, 0.6) is 0 Å². The fourth-order valence-electron chi connectivity index (χ4n) is 0.459. The largest absolute Gasteiger partial charge is 0.508 e. The SMILES string of the molecule is C[CH]OC(=O)OCCOCC. The van der Waals surface area contributed by atoms with Crippen molar-refractivity contribution in [3.8, 4) is 0 Å². The van der Waals surface area contributed by atoms with Crippen molar-refractivity contribution < 1.29 is 19.0 Å². The summed E-state index contributed by atoms with van der Waals surface area (Å²) in [6.45, 7) is 6.01. The molecule has 0 bridgehead atoms. The molecule has 0 atom stereocenters. The van der Waals surface area contributed by atoms with Crippen LogP contribution in [-0.2, 0) is 14.2 Å². The molecule has 0 aliphatic heterocycles. The topological polar surface area (TPSA) is 44.8 Å². The highest BCUT2D eigenvalue weighted by Crippen LogP contribution is 1.87. The molecule has 0 amide bonds. The predicted molar refractivity (Wildman–Crippen MR) is 38.9 cm³/mol. The molecule has 0 aromatic heterocycles. The Balaban J connectivity index is 3.04. The Kier molecular flexibility index (Phi) is 6.82. The zero-order valence-electron chi connectivity index (χ0n) is 6.83. The van der Waals surface area contributed by atoms with Crippen molar-refractivity contribution >= 4 is 6.16 Å². The molecular weight excluding hydrogens is 148 g/mol. The molecule has 0 heterocycles. The molecule has 65 valence electrons. The first kappa shape index (κ1) is 10.2. The first-order valence-corrected chi connectivity index (χ1v) is 3.50. The zero-order chi connectivity index (χ0) is 8.53. The van der Waals surface area contributed by atoms with E-state index in [-0.39, 0.29) is 6.61 Å². The average Bonchev–Trinajstić information content (AvgIpc) is 1.99. The fraction of sp³-hybridized carbons (Fsp3) is 0.714. The number of hydrogen-bond donors (Lipinski definition) is 0. The molecule has 0 saturated heterocycles. The van der Waals surface area contributed by atoms with E-state index in [1.165, 1.54) is 6.61 Å². The summed E-state index contributed by atoms with van der Waals surface area (Å²) in [5.41, 5.74) is 0. The lowest BCUT2D eigenvalue weighted by molar-refractivity contribution is 0.0419. The minimum absolute atomic E-state index is 0.237. The molecule has 0 spiro atoms. The van der Waals surface area contributed by atoms with Crippen LogP contribution in [0.15, 0.2) is 0 Å². The van der Waals surface area contributed by atoms with E-state index in [0.717, 1.165) is 0 Å². The summed E-state index contributed by atoms with van der Waals surface area (Å²) in [6, 6.07) is 0. The number of carbonyl (C=O) groups is 1. The number of rotatable bonds is 5. The Morgan fingerprint density at radius 3 is 2.73 bits per heavy atom. The van der Waals surface area contributed by atoms with Gasteiger partial charge in [0.2, 0.25) is 0 Å². The van der Waals surface area contributed by atoms with Gasteiger partial charge in [-0.3, -0.25) is 0 Å². The quantitative estimate of drug-likeness (QED) is 0.451. The molecule has 0 fully saturated rings. The molecule has 11 heavy (non-hydrogen) atoms. The Labute approximate surface area is 66.4 Å². The minimum atomic E-state index is -0.688. The number of ether oxygens (including phenoxy) is 3. The van der Waals surface area contributed by atoms with Crippen LogP contribution in [0, 0.1) is 6.61 Å². The van der Waals surface area contributed by atoms with Gasteiger partial charge in [0.1, 0.15) is 13.2 Å². The second-order valence-electron chi connectivity index (χ2n) is 1.65. The van der Waals surface area contributed by atoms with Gasteiger partial charge in [0.25, 0.3) is 0 Å². The summed E-state index contributed by atoms with van der Waals surface area (Å²) in [6.07, 6.45) is -0.688. The highest BCUT2D eigenvalue weighted by Gasteiger charge is 2.00. The van der Waals surface area contributed by atoms with E-state index in [2.05, 4.69) is 9.47 Å². The van der Waals surface area contributed by atoms with E-state index >= 15 is 0 Å². The van der Waals surface area contributed by atoms with Gasteiger partial charge in [-0.05, 0) is 13.8 Å². The van der Waals surface area contributed by atoms with Crippen LogP contribution in [-0.4, -0.2) is 26.0 Å². The van der Waals surface area contributed by atoms with Crippen molar-refractivity contribution in [3.63, 3.8) is 0 Å². The molecule has 4 nitrogen and oxygen atoms in total. The number of carbonyl (C=O) groups excluding carboxylic acids is 1. The Bertz CT molecular complexity index is 103. The van der Waals surface area contributed by atoms with Gasteiger partial charge >= 0.3 is 6.16 Å². The van der Waals surface area contributed by atoms with E-state index in [1.54, 1.807) is 6.92 Å². The van der Waals surface area contributed by atoms with Gasteiger partial charge in [0.05, 0.1) is 6.61 Å². The standard InChI is InChI=1S/C7H13O4/c1-3-9-5-6-11-7(8)10-4-2/h4H,3,5-6H2,1-2H3. The van der Waals surface area contributed by atoms with Crippen LogP contribution in [0.4, 0.5) is 4.79 Å². The Hall–Kier alpha value is -0.770. The van der Waals surface area contributed by atoms with Gasteiger partial charge in [-0.1, -0.05) is 0 Å². The van der Waals surface area contributed by atoms with Gasteiger partial charge < -0.3 is 14.2 Å². The van der Waals surface area contributed by atoms with Crippen LogP contribution in [0.2, 0.25) is 0 Å². The second-order valence-corrected chi connectivity index (χ2v) is 1.65. The van der Waals surface area contributed by atoms with Crippen molar-refractivity contribution in [1.82, 2.24) is 0 Å². The van der Waals surface area contributed by atoms with E-state index in [1.807, 2.05) is 6.92 Å². The van der Waals surface area contributed by atoms with E-state index in [0.29, 0.717) is 13.2 Å². The summed E-state index contributed by atoms with van der Waals surface area (Å²) >= 11 is 0. The first-order valence-electron chi connectivity index (χ1n) is 3.50. The molecule has 0 aliphatic rings. The van der Waals surface area contributed by atoms with Gasteiger partial charge in [0.15, 0.2) is 0 Å². The normalized spacial score (nSPS) is 9.27. The molecule has 4 heteroatoms. The Morgan fingerprint density at radius 2 is 2.18 bits per heavy atom. The van der Waals surface area contributed by atoms with Crippen LogP contribution < -0.4 is 0 Å². The molecule has 0 N–H and O–H groups in total. The maximum absolute atomic E-state index is 10.5. The maximum atomic E-state index is 10.5. The van der Waals surface area contributed by atoms with Crippen LogP contribution in [0.25, 0.3) is 0 Å². The summed E-state index contributed by atoms with van der Waals surface area (Å²) in [5.74, 6) is 0. The molecule has 0 aromatic carbocycles. The third-order valence-electron chi connectivity index (χ3n) is 0.866. The third kappa shape index (κ3) is 7.12. The van der Waals surface area contributed by atoms with E-state index in [9.17, 15) is 4.79 Å². The first-order chi connectivity index (χ1) is 5.31. The van der Waals surface area contributed by atoms with Crippen molar-refractivity contribution in [3.05, 3.63) is 6.61 Å². The molecule has 0 saturated carbocycles. The van der Waals surface area contributed by atoms with Gasteiger partial charge in [-0.15, -0.1) is 0 Å². The monoisotopic (exact) mass is 161 g/mol. The lowest BCUT2D eigenvalue weighted by atomic mass is 10.7. The van der Waals surface area contributed by atoms with E-state index in [4.69, 9.17) is 4.74 Å². The Morgan fingerprint density at radius 1 is 1.45 bits per heavy atom. The van der Waals surface area contributed by atoms with Crippen molar-refractivity contribution in [2.45, 2.75) is 13.8 Å². The maximum Gasteiger partial charge on any atom is 0.508 e. The second kappa shape index (κ2) is 7.34. The highest BCUT2D eigenvalue weighted by molar-refractivity contribution is 5.60. The van der Waals surface area contributed by atoms with Crippen molar-refractivity contribution in [2.24, 2.45) is 0 Å². The molecule has 1 radical (unpaired) electrons. The summed E-state index contributed by atoms with van der Waals surface area (Å²) in [4.78, 5) is 10.5.